The Balaban J connectivity index is 1.38. The number of hydrazine groups is 1. The fourth-order valence-corrected chi connectivity index (χ4v) is 5.18. The normalized spacial score (nSPS) is 14.5. The molecule has 0 aliphatic carbocycles. The zero-order valence-corrected chi connectivity index (χ0v) is 24.4. The van der Waals surface area contributed by atoms with Gasteiger partial charge < -0.3 is 14.7 Å². The van der Waals surface area contributed by atoms with Crippen LogP contribution in [0, 0.1) is 11.8 Å². The van der Waals surface area contributed by atoms with Crippen molar-refractivity contribution in [1.29, 1.82) is 0 Å². The molecule has 0 saturated carbocycles. The minimum Gasteiger partial charge on any atom is -0.481 e. The third-order valence-electron chi connectivity index (χ3n) is 7.07. The highest BCUT2D eigenvalue weighted by molar-refractivity contribution is 6.32. The number of aliphatic carboxylic acids is 1. The first-order chi connectivity index (χ1) is 20.8. The number of piperidine rings is 1. The van der Waals surface area contributed by atoms with Crippen molar-refractivity contribution in [3.05, 3.63) is 88.1 Å². The average Bonchev–Trinajstić information content (AvgIpc) is 3.03. The van der Waals surface area contributed by atoms with Gasteiger partial charge in [0.2, 0.25) is 5.88 Å². The molecule has 43 heavy (non-hydrogen) atoms. The van der Waals surface area contributed by atoms with Gasteiger partial charge in [-0.1, -0.05) is 35.6 Å². The first-order valence-electron chi connectivity index (χ1n) is 13.3. The highest BCUT2D eigenvalue weighted by Crippen LogP contribution is 2.27. The lowest BCUT2D eigenvalue weighted by molar-refractivity contribution is -0.143. The van der Waals surface area contributed by atoms with Gasteiger partial charge in [0.15, 0.2) is 0 Å². The lowest BCUT2D eigenvalue weighted by Crippen LogP contribution is -2.47. The summed E-state index contributed by atoms with van der Waals surface area (Å²) in [4.78, 5) is 49.7. The molecule has 2 amide bonds. The van der Waals surface area contributed by atoms with E-state index in [4.69, 9.17) is 33.1 Å². The number of carboxylic acid groups (broad SMARTS) is 1. The minimum atomic E-state index is -1.00. The Hall–Kier alpha value is -4.69. The second-order valence-electron chi connectivity index (χ2n) is 9.72. The van der Waals surface area contributed by atoms with Gasteiger partial charge >= 0.3 is 5.97 Å². The number of nitrogens with one attached hydrogen (secondary N) is 2. The number of amides is 2. The SMILES string of the molecule is COc1cc2nc(-c3ccc(C#Cc4ccc(C(=O)N5CCCC[C@H]5C(=O)O)cc4Cl)cc3)cc(C(=O)NNCl)c2cn1. The molecule has 3 N–H and O–H groups in total. The number of aromatic nitrogens is 2. The van der Waals surface area contributed by atoms with Crippen molar-refractivity contribution in [2.45, 2.75) is 25.3 Å². The topological polar surface area (TPSA) is 134 Å². The largest absolute Gasteiger partial charge is 0.481 e. The summed E-state index contributed by atoms with van der Waals surface area (Å²) in [5.41, 5.74) is 6.03. The van der Waals surface area contributed by atoms with Crippen LogP contribution in [0.15, 0.2) is 60.8 Å². The molecule has 0 bridgehead atoms. The standard InChI is InChI=1S/C31H25Cl2N5O5/c1-43-28-16-26-23(17-34-28)22(29(39)36-37-33)15-25(35-26)20-9-6-18(7-10-20)5-8-19-11-12-21(14-24(19)32)30(40)38-13-3-2-4-27(38)31(41)42/h6-7,9-12,14-17,27,37H,2-4,13H2,1H3,(H,36,39)(H,41,42)/t27-/m0/s1. The number of hydrogen-bond acceptors (Lipinski definition) is 7. The van der Waals surface area contributed by atoms with E-state index in [0.717, 1.165) is 18.4 Å². The summed E-state index contributed by atoms with van der Waals surface area (Å²) in [6, 6.07) is 14.5. The summed E-state index contributed by atoms with van der Waals surface area (Å²) in [6.45, 7) is 0.393. The molecule has 2 aromatic carbocycles. The molecule has 0 unspecified atom stereocenters. The van der Waals surface area contributed by atoms with Gasteiger partial charge in [-0.15, -0.1) is 4.94 Å². The summed E-state index contributed by atoms with van der Waals surface area (Å²) >= 11 is 11.9. The molecule has 1 aliphatic heterocycles. The molecule has 12 heteroatoms. The van der Waals surface area contributed by atoms with E-state index in [1.54, 1.807) is 24.3 Å². The molecular formula is C31H25Cl2N5O5. The van der Waals surface area contributed by atoms with E-state index in [-0.39, 0.29) is 5.91 Å². The maximum Gasteiger partial charge on any atom is 0.326 e. The van der Waals surface area contributed by atoms with E-state index in [0.29, 0.717) is 62.7 Å². The van der Waals surface area contributed by atoms with Crippen molar-refractivity contribution in [3.63, 3.8) is 0 Å². The van der Waals surface area contributed by atoms with Crippen LogP contribution in [0.1, 0.15) is 51.1 Å². The number of benzene rings is 2. The number of carbonyl (C=O) groups excluding carboxylic acids is 2. The number of nitrogens with zero attached hydrogens (tertiary/aromatic N) is 3. The van der Waals surface area contributed by atoms with Gasteiger partial charge in [0.1, 0.15) is 6.04 Å². The molecule has 4 aromatic rings. The Morgan fingerprint density at radius 3 is 2.56 bits per heavy atom. The highest BCUT2D eigenvalue weighted by Gasteiger charge is 2.32. The Bertz CT molecular complexity index is 1790. The Labute approximate surface area is 257 Å². The maximum atomic E-state index is 13.0. The summed E-state index contributed by atoms with van der Waals surface area (Å²) < 4.78 is 5.21. The smallest absolute Gasteiger partial charge is 0.326 e. The molecule has 3 heterocycles. The fourth-order valence-electron chi connectivity index (χ4n) is 4.87. The fraction of sp³-hybridized carbons (Fsp3) is 0.194. The lowest BCUT2D eigenvalue weighted by Gasteiger charge is -2.33. The van der Waals surface area contributed by atoms with Crippen molar-refractivity contribution >= 4 is 52.1 Å². The van der Waals surface area contributed by atoms with Crippen molar-refractivity contribution in [2.75, 3.05) is 13.7 Å². The quantitative estimate of drug-likeness (QED) is 0.159. The molecule has 1 fully saturated rings. The number of fused-ring (bicyclic) bond motifs is 1. The third kappa shape index (κ3) is 6.54. The van der Waals surface area contributed by atoms with Crippen LogP contribution in [0.5, 0.6) is 5.88 Å². The van der Waals surface area contributed by atoms with E-state index < -0.39 is 17.9 Å². The average molecular weight is 618 g/mol. The summed E-state index contributed by atoms with van der Waals surface area (Å²) in [7, 11) is 1.50. The van der Waals surface area contributed by atoms with Crippen LogP contribution in [-0.4, -0.2) is 57.5 Å². The van der Waals surface area contributed by atoms with Crippen molar-refractivity contribution in [3.8, 4) is 29.0 Å². The molecule has 218 valence electrons. The molecule has 0 radical (unpaired) electrons. The number of rotatable bonds is 6. The van der Waals surface area contributed by atoms with Gasteiger partial charge in [-0.3, -0.25) is 15.0 Å². The first-order valence-corrected chi connectivity index (χ1v) is 14.0. The molecule has 0 spiro atoms. The molecule has 10 nitrogen and oxygen atoms in total. The number of likely N-dealkylation sites (tertiary alicyclic amines) is 1. The van der Waals surface area contributed by atoms with Gasteiger partial charge in [0, 0.05) is 46.4 Å². The highest BCUT2D eigenvalue weighted by atomic mass is 35.5. The Morgan fingerprint density at radius 2 is 1.86 bits per heavy atom. The van der Waals surface area contributed by atoms with Crippen LogP contribution >= 0.6 is 23.4 Å². The zero-order valence-electron chi connectivity index (χ0n) is 22.9. The van der Waals surface area contributed by atoms with Crippen molar-refractivity contribution in [1.82, 2.24) is 25.2 Å². The van der Waals surface area contributed by atoms with Gasteiger partial charge in [0.05, 0.1) is 28.9 Å². The van der Waals surface area contributed by atoms with Crippen LogP contribution in [0.25, 0.3) is 22.2 Å². The number of pyridine rings is 2. The molecule has 1 aliphatic rings. The molecule has 1 saturated heterocycles. The first kappa shape index (κ1) is 29.8. The van der Waals surface area contributed by atoms with E-state index >= 15 is 0 Å². The predicted octanol–water partition coefficient (Wildman–Crippen LogP) is 4.83. The minimum absolute atomic E-state index is 0.293. The van der Waals surface area contributed by atoms with E-state index in [2.05, 4.69) is 27.2 Å². The van der Waals surface area contributed by atoms with Gasteiger partial charge in [0.25, 0.3) is 11.8 Å². The molecular weight excluding hydrogens is 593 g/mol. The monoisotopic (exact) mass is 617 g/mol. The van der Waals surface area contributed by atoms with Crippen LogP contribution in [0.2, 0.25) is 5.02 Å². The summed E-state index contributed by atoms with van der Waals surface area (Å²) in [5.74, 6) is 4.63. The number of ether oxygens (including phenoxy) is 1. The predicted molar refractivity (Wildman–Crippen MR) is 162 cm³/mol. The van der Waals surface area contributed by atoms with Gasteiger partial charge in [-0.2, -0.15) is 0 Å². The van der Waals surface area contributed by atoms with Crippen LogP contribution in [0.4, 0.5) is 0 Å². The van der Waals surface area contributed by atoms with E-state index in [1.807, 2.05) is 24.3 Å². The Kier molecular flexibility index (Phi) is 9.07. The molecule has 5 rings (SSSR count). The molecule has 1 atom stereocenters. The summed E-state index contributed by atoms with van der Waals surface area (Å²) in [5, 5.41) is 10.3. The van der Waals surface area contributed by atoms with Crippen molar-refractivity contribution in [2.24, 2.45) is 0 Å². The molecule has 2 aromatic heterocycles. The second kappa shape index (κ2) is 13.1. The Morgan fingerprint density at radius 1 is 1.07 bits per heavy atom. The number of methoxy groups -OCH3 is 1. The van der Waals surface area contributed by atoms with E-state index in [1.165, 1.54) is 24.3 Å². The number of halogens is 2. The van der Waals surface area contributed by atoms with Crippen LogP contribution < -0.4 is 15.1 Å². The second-order valence-corrected chi connectivity index (χ2v) is 10.3. The maximum absolute atomic E-state index is 13.0. The van der Waals surface area contributed by atoms with Gasteiger partial charge in [-0.05, 0) is 67.4 Å². The van der Waals surface area contributed by atoms with Crippen LogP contribution in [-0.2, 0) is 4.79 Å². The van der Waals surface area contributed by atoms with Crippen molar-refractivity contribution < 1.29 is 24.2 Å². The number of carboxylic acids is 1. The number of hydrogen-bond donors (Lipinski definition) is 3. The van der Waals surface area contributed by atoms with Gasteiger partial charge in [-0.25, -0.2) is 14.8 Å². The summed E-state index contributed by atoms with van der Waals surface area (Å²) in [6.07, 6.45) is 3.48. The zero-order chi connectivity index (χ0) is 30.5. The van der Waals surface area contributed by atoms with Crippen LogP contribution in [0.3, 0.4) is 0 Å². The third-order valence-corrected chi connectivity index (χ3v) is 7.48. The number of carbonyl (C=O) groups is 3. The van der Waals surface area contributed by atoms with E-state index in [9.17, 15) is 19.5 Å². The lowest BCUT2D eigenvalue weighted by atomic mass is 10.0.